The number of benzene rings is 1. The van der Waals surface area contributed by atoms with E-state index in [1.54, 1.807) is 0 Å². The Labute approximate surface area is 128 Å². The number of nitrogens with zero attached hydrogens (tertiary/aromatic N) is 1. The molecule has 0 aliphatic carbocycles. The number of likely N-dealkylation sites (tertiary alicyclic amines) is 1. The van der Waals surface area contributed by atoms with Crippen LogP contribution in [0.15, 0.2) is 18.2 Å². The molecule has 0 aromatic heterocycles. The van der Waals surface area contributed by atoms with Gasteiger partial charge in [-0.05, 0) is 57.8 Å². The molecule has 21 heavy (non-hydrogen) atoms. The zero-order valence-electron chi connectivity index (χ0n) is 13.6. The van der Waals surface area contributed by atoms with E-state index in [4.69, 9.17) is 10.5 Å². The van der Waals surface area contributed by atoms with E-state index >= 15 is 0 Å². The Morgan fingerprint density at radius 3 is 2.90 bits per heavy atom. The standard InChI is InChI=1S/C18H28N2O/c1-4-20-10-6-8-14(12-19)16(20)15-9-5-7-13-11-18(2,3)21-17(13)15/h5,7,9,14,16H,4,6,8,10-12,19H2,1-3H3. The van der Waals surface area contributed by atoms with Crippen molar-refractivity contribution < 1.29 is 4.74 Å². The number of para-hydroxylation sites is 1. The highest BCUT2D eigenvalue weighted by atomic mass is 16.5. The van der Waals surface area contributed by atoms with Crippen LogP contribution >= 0.6 is 0 Å². The van der Waals surface area contributed by atoms with E-state index in [9.17, 15) is 0 Å². The van der Waals surface area contributed by atoms with Crippen molar-refractivity contribution in [3.63, 3.8) is 0 Å². The van der Waals surface area contributed by atoms with Crippen molar-refractivity contribution in [1.82, 2.24) is 4.90 Å². The number of hydrogen-bond acceptors (Lipinski definition) is 3. The molecule has 2 unspecified atom stereocenters. The molecule has 2 atom stereocenters. The molecule has 1 aromatic carbocycles. The van der Waals surface area contributed by atoms with Crippen LogP contribution in [0.2, 0.25) is 0 Å². The first kappa shape index (κ1) is 14.9. The van der Waals surface area contributed by atoms with Crippen LogP contribution in [0, 0.1) is 5.92 Å². The van der Waals surface area contributed by atoms with E-state index in [1.165, 1.54) is 30.5 Å². The first-order valence-electron chi connectivity index (χ1n) is 8.30. The molecular formula is C18H28N2O. The van der Waals surface area contributed by atoms with Crippen LogP contribution in [0.1, 0.15) is 50.8 Å². The van der Waals surface area contributed by atoms with Gasteiger partial charge in [-0.15, -0.1) is 0 Å². The quantitative estimate of drug-likeness (QED) is 0.928. The molecule has 0 spiro atoms. The third kappa shape index (κ3) is 2.69. The van der Waals surface area contributed by atoms with Crippen molar-refractivity contribution >= 4 is 0 Å². The van der Waals surface area contributed by atoms with Crippen LogP contribution in [0.3, 0.4) is 0 Å². The lowest BCUT2D eigenvalue weighted by atomic mass is 9.83. The van der Waals surface area contributed by atoms with Gasteiger partial charge in [-0.3, -0.25) is 4.90 Å². The number of fused-ring (bicyclic) bond motifs is 1. The second kappa shape index (κ2) is 5.62. The summed E-state index contributed by atoms with van der Waals surface area (Å²) >= 11 is 0. The molecule has 1 fully saturated rings. The van der Waals surface area contributed by atoms with Crippen molar-refractivity contribution in [2.24, 2.45) is 11.7 Å². The Bertz CT molecular complexity index is 500. The van der Waals surface area contributed by atoms with Crippen LogP contribution < -0.4 is 10.5 Å². The van der Waals surface area contributed by atoms with Crippen LogP contribution in [0.4, 0.5) is 0 Å². The van der Waals surface area contributed by atoms with Gasteiger partial charge in [0.25, 0.3) is 0 Å². The third-order valence-electron chi connectivity index (χ3n) is 5.01. The van der Waals surface area contributed by atoms with Gasteiger partial charge in [0, 0.05) is 18.0 Å². The highest BCUT2D eigenvalue weighted by molar-refractivity contribution is 5.47. The fourth-order valence-corrected chi connectivity index (χ4v) is 4.08. The molecule has 1 aromatic rings. The maximum absolute atomic E-state index is 6.30. The first-order chi connectivity index (χ1) is 10.1. The van der Waals surface area contributed by atoms with E-state index < -0.39 is 0 Å². The SMILES string of the molecule is CCN1CCCC(CN)C1c1cccc2c1OC(C)(C)C2. The Balaban J connectivity index is 2.01. The molecule has 2 N–H and O–H groups in total. The molecule has 0 amide bonds. The van der Waals surface area contributed by atoms with Gasteiger partial charge in [0.2, 0.25) is 0 Å². The van der Waals surface area contributed by atoms with Gasteiger partial charge in [0.15, 0.2) is 0 Å². The Morgan fingerprint density at radius 2 is 2.19 bits per heavy atom. The number of piperidine rings is 1. The molecule has 2 aliphatic rings. The minimum Gasteiger partial charge on any atom is -0.487 e. The average Bonchev–Trinajstić information content (AvgIpc) is 2.80. The summed E-state index contributed by atoms with van der Waals surface area (Å²) in [6.07, 6.45) is 3.49. The normalized spacial score (nSPS) is 28.2. The number of ether oxygens (including phenoxy) is 1. The van der Waals surface area contributed by atoms with Gasteiger partial charge < -0.3 is 10.5 Å². The zero-order valence-corrected chi connectivity index (χ0v) is 13.6. The largest absolute Gasteiger partial charge is 0.487 e. The summed E-state index contributed by atoms with van der Waals surface area (Å²) < 4.78 is 6.30. The lowest BCUT2D eigenvalue weighted by molar-refractivity contribution is 0.0921. The summed E-state index contributed by atoms with van der Waals surface area (Å²) in [5.41, 5.74) is 8.71. The molecule has 0 radical (unpaired) electrons. The molecule has 0 bridgehead atoms. The van der Waals surface area contributed by atoms with E-state index in [2.05, 4.69) is 43.9 Å². The van der Waals surface area contributed by atoms with Gasteiger partial charge in [0.05, 0.1) is 0 Å². The van der Waals surface area contributed by atoms with E-state index in [0.29, 0.717) is 12.0 Å². The average molecular weight is 288 g/mol. The lowest BCUT2D eigenvalue weighted by Crippen LogP contribution is -2.41. The van der Waals surface area contributed by atoms with Gasteiger partial charge >= 0.3 is 0 Å². The lowest BCUT2D eigenvalue weighted by Gasteiger charge is -2.41. The highest BCUT2D eigenvalue weighted by Crippen LogP contribution is 2.45. The highest BCUT2D eigenvalue weighted by Gasteiger charge is 2.37. The monoisotopic (exact) mass is 288 g/mol. The van der Waals surface area contributed by atoms with Crippen molar-refractivity contribution in [3.8, 4) is 5.75 Å². The molecule has 3 nitrogen and oxygen atoms in total. The van der Waals surface area contributed by atoms with E-state index in [-0.39, 0.29) is 5.60 Å². The number of nitrogens with two attached hydrogens (primary N) is 1. The van der Waals surface area contributed by atoms with Crippen molar-refractivity contribution in [2.75, 3.05) is 19.6 Å². The Hall–Kier alpha value is -1.06. The molecule has 2 heterocycles. The van der Waals surface area contributed by atoms with Crippen LogP contribution in [0.25, 0.3) is 0 Å². The molecule has 116 valence electrons. The van der Waals surface area contributed by atoms with Crippen LogP contribution in [-0.2, 0) is 6.42 Å². The minimum atomic E-state index is -0.0810. The van der Waals surface area contributed by atoms with E-state index in [0.717, 1.165) is 25.3 Å². The molecule has 1 saturated heterocycles. The molecular weight excluding hydrogens is 260 g/mol. The van der Waals surface area contributed by atoms with Crippen LogP contribution in [0.5, 0.6) is 5.75 Å². The smallest absolute Gasteiger partial charge is 0.128 e. The second-order valence-electron chi connectivity index (χ2n) is 7.09. The van der Waals surface area contributed by atoms with Crippen molar-refractivity contribution in [2.45, 2.75) is 51.7 Å². The van der Waals surface area contributed by atoms with Crippen LogP contribution in [-0.4, -0.2) is 30.1 Å². The summed E-state index contributed by atoms with van der Waals surface area (Å²) in [5.74, 6) is 1.67. The zero-order chi connectivity index (χ0) is 15.0. The number of rotatable bonds is 3. The van der Waals surface area contributed by atoms with Gasteiger partial charge in [-0.25, -0.2) is 0 Å². The topological polar surface area (TPSA) is 38.5 Å². The van der Waals surface area contributed by atoms with Gasteiger partial charge in [-0.2, -0.15) is 0 Å². The predicted octanol–water partition coefficient (Wildman–Crippen LogP) is 3.13. The fourth-order valence-electron chi connectivity index (χ4n) is 4.08. The van der Waals surface area contributed by atoms with E-state index in [1.807, 2.05) is 0 Å². The van der Waals surface area contributed by atoms with Crippen molar-refractivity contribution in [1.29, 1.82) is 0 Å². The molecule has 0 saturated carbocycles. The Morgan fingerprint density at radius 1 is 1.38 bits per heavy atom. The summed E-state index contributed by atoms with van der Waals surface area (Å²) in [4.78, 5) is 2.57. The molecule has 3 heteroatoms. The molecule has 3 rings (SSSR count). The first-order valence-corrected chi connectivity index (χ1v) is 8.30. The number of hydrogen-bond donors (Lipinski definition) is 1. The maximum atomic E-state index is 6.30. The summed E-state index contributed by atoms with van der Waals surface area (Å²) in [5, 5.41) is 0. The van der Waals surface area contributed by atoms with Gasteiger partial charge in [-0.1, -0.05) is 25.1 Å². The Kier molecular flexibility index (Phi) is 3.98. The summed E-state index contributed by atoms with van der Waals surface area (Å²) in [6, 6.07) is 7.07. The minimum absolute atomic E-state index is 0.0810. The predicted molar refractivity (Wildman–Crippen MR) is 86.6 cm³/mol. The third-order valence-corrected chi connectivity index (χ3v) is 5.01. The van der Waals surface area contributed by atoms with Gasteiger partial charge in [0.1, 0.15) is 11.4 Å². The summed E-state index contributed by atoms with van der Waals surface area (Å²) in [7, 11) is 0. The fraction of sp³-hybridized carbons (Fsp3) is 0.667. The summed E-state index contributed by atoms with van der Waals surface area (Å²) in [6.45, 7) is 9.61. The maximum Gasteiger partial charge on any atom is 0.128 e. The van der Waals surface area contributed by atoms with Crippen molar-refractivity contribution in [3.05, 3.63) is 29.3 Å². The second-order valence-corrected chi connectivity index (χ2v) is 7.09. The molecule has 2 aliphatic heterocycles.